The number of nitrogens with zero attached hydrogens (tertiary/aromatic N) is 3. The highest BCUT2D eigenvalue weighted by Crippen LogP contribution is 2.30. The van der Waals surface area contributed by atoms with Gasteiger partial charge < -0.3 is 19.5 Å². The van der Waals surface area contributed by atoms with E-state index in [0.717, 1.165) is 55.1 Å². The van der Waals surface area contributed by atoms with Gasteiger partial charge in [-0.2, -0.15) is 4.98 Å². The fraction of sp³-hybridized carbons (Fsp3) is 0.591. The van der Waals surface area contributed by atoms with Crippen LogP contribution < -0.4 is 15.0 Å². The molecule has 29 heavy (non-hydrogen) atoms. The van der Waals surface area contributed by atoms with Gasteiger partial charge in [-0.1, -0.05) is 25.9 Å². The van der Waals surface area contributed by atoms with Crippen molar-refractivity contribution in [1.82, 2.24) is 15.5 Å². The molecule has 0 saturated carbocycles. The molecule has 2 aromatic rings. The second kappa shape index (κ2) is 8.43. The van der Waals surface area contributed by atoms with E-state index in [0.29, 0.717) is 31.0 Å². The molecule has 3 heterocycles. The van der Waals surface area contributed by atoms with E-state index in [2.05, 4.69) is 41.1 Å². The Morgan fingerprint density at radius 3 is 2.79 bits per heavy atom. The first kappa shape index (κ1) is 19.7. The van der Waals surface area contributed by atoms with E-state index in [-0.39, 0.29) is 11.8 Å². The highest BCUT2D eigenvalue weighted by molar-refractivity contribution is 5.98. The molecular weight excluding hydrogens is 368 g/mol. The van der Waals surface area contributed by atoms with Gasteiger partial charge >= 0.3 is 6.01 Å². The van der Waals surface area contributed by atoms with Gasteiger partial charge in [-0.3, -0.25) is 4.79 Å². The van der Waals surface area contributed by atoms with Crippen molar-refractivity contribution in [2.75, 3.05) is 24.6 Å². The Morgan fingerprint density at radius 1 is 1.28 bits per heavy atom. The molecule has 0 aliphatic carbocycles. The first-order chi connectivity index (χ1) is 14.0. The third-order valence-electron chi connectivity index (χ3n) is 6.16. The molecule has 0 spiro atoms. The summed E-state index contributed by atoms with van der Waals surface area (Å²) < 4.78 is 11.4. The number of anilines is 1. The minimum Gasteiger partial charge on any atom is -0.494 e. The number of aromatic nitrogens is 2. The second-order valence-corrected chi connectivity index (χ2v) is 8.53. The van der Waals surface area contributed by atoms with Gasteiger partial charge in [0.1, 0.15) is 5.75 Å². The van der Waals surface area contributed by atoms with E-state index in [1.54, 1.807) is 0 Å². The summed E-state index contributed by atoms with van der Waals surface area (Å²) in [5, 5.41) is 6.91. The van der Waals surface area contributed by atoms with Crippen molar-refractivity contribution in [3.05, 3.63) is 35.2 Å². The lowest BCUT2D eigenvalue weighted by molar-refractivity contribution is 0.0965. The molecule has 1 aromatic heterocycles. The standard InChI is InChI=1S/C22H30N4O3/c1-14(2)20-24-22(29-25-20)26-9-6-16(7-10-26)15(3)8-11-28-18-4-5-19-17(12-18)13-23-21(19)27/h4-5,12,14-16H,6-11,13H2,1-3H3,(H,23,27). The molecule has 7 nitrogen and oxygen atoms in total. The predicted octanol–water partition coefficient (Wildman–Crippen LogP) is 3.76. The lowest BCUT2D eigenvalue weighted by atomic mass is 9.84. The Balaban J connectivity index is 1.22. The molecule has 7 heteroatoms. The number of rotatable bonds is 7. The van der Waals surface area contributed by atoms with Gasteiger partial charge in [0, 0.05) is 31.1 Å². The van der Waals surface area contributed by atoms with E-state index in [4.69, 9.17) is 9.26 Å². The summed E-state index contributed by atoms with van der Waals surface area (Å²) in [4.78, 5) is 18.4. The molecule has 2 aliphatic rings. The molecule has 1 fully saturated rings. The van der Waals surface area contributed by atoms with Crippen LogP contribution in [0.2, 0.25) is 0 Å². The monoisotopic (exact) mass is 398 g/mol. The first-order valence-electron chi connectivity index (χ1n) is 10.6. The first-order valence-corrected chi connectivity index (χ1v) is 10.6. The zero-order valence-corrected chi connectivity index (χ0v) is 17.5. The maximum atomic E-state index is 11.6. The highest BCUT2D eigenvalue weighted by Gasteiger charge is 2.27. The fourth-order valence-corrected chi connectivity index (χ4v) is 4.15. The summed E-state index contributed by atoms with van der Waals surface area (Å²) in [6.07, 6.45) is 3.29. The Labute approximate surface area is 171 Å². The number of hydrogen-bond acceptors (Lipinski definition) is 6. The number of carbonyl (C=O) groups excluding carboxylic acids is 1. The Hall–Kier alpha value is -2.57. The average molecular weight is 399 g/mol. The van der Waals surface area contributed by atoms with E-state index in [1.807, 2.05) is 18.2 Å². The van der Waals surface area contributed by atoms with Crippen molar-refractivity contribution >= 4 is 11.9 Å². The molecule has 1 saturated heterocycles. The van der Waals surface area contributed by atoms with Gasteiger partial charge in [-0.25, -0.2) is 0 Å². The summed E-state index contributed by atoms with van der Waals surface area (Å²) in [5.74, 6) is 3.20. The third kappa shape index (κ3) is 4.38. The van der Waals surface area contributed by atoms with Crippen LogP contribution in [0.3, 0.4) is 0 Å². The van der Waals surface area contributed by atoms with E-state index in [9.17, 15) is 4.79 Å². The van der Waals surface area contributed by atoms with Gasteiger partial charge in [0.2, 0.25) is 0 Å². The van der Waals surface area contributed by atoms with Gasteiger partial charge in [0.15, 0.2) is 5.82 Å². The summed E-state index contributed by atoms with van der Waals surface area (Å²) in [7, 11) is 0. The fourth-order valence-electron chi connectivity index (χ4n) is 4.15. The molecular formula is C22H30N4O3. The lowest BCUT2D eigenvalue weighted by Crippen LogP contribution is -2.36. The zero-order chi connectivity index (χ0) is 20.4. The SMILES string of the molecule is CC(C)c1noc(N2CCC(C(C)CCOc3ccc4c(c3)CNC4=O)CC2)n1. The lowest BCUT2D eigenvalue weighted by Gasteiger charge is -2.33. The van der Waals surface area contributed by atoms with Crippen LogP contribution in [0.4, 0.5) is 6.01 Å². The molecule has 1 aromatic carbocycles. The van der Waals surface area contributed by atoms with Gasteiger partial charge in [0.05, 0.1) is 6.61 Å². The van der Waals surface area contributed by atoms with Crippen molar-refractivity contribution in [2.24, 2.45) is 11.8 Å². The minimum absolute atomic E-state index is 0.00692. The van der Waals surface area contributed by atoms with Crippen LogP contribution >= 0.6 is 0 Å². The summed E-state index contributed by atoms with van der Waals surface area (Å²) in [6.45, 7) is 9.68. The number of fused-ring (bicyclic) bond motifs is 1. The number of carbonyl (C=O) groups is 1. The third-order valence-corrected chi connectivity index (χ3v) is 6.16. The number of nitrogens with one attached hydrogen (secondary N) is 1. The number of piperidine rings is 1. The smallest absolute Gasteiger partial charge is 0.324 e. The van der Waals surface area contributed by atoms with Crippen LogP contribution in [0, 0.1) is 11.8 Å². The van der Waals surface area contributed by atoms with Crippen molar-refractivity contribution in [2.45, 2.75) is 52.5 Å². The van der Waals surface area contributed by atoms with Crippen LogP contribution in [-0.2, 0) is 6.54 Å². The Morgan fingerprint density at radius 2 is 2.07 bits per heavy atom. The van der Waals surface area contributed by atoms with Crippen LogP contribution in [-0.4, -0.2) is 35.7 Å². The van der Waals surface area contributed by atoms with E-state index >= 15 is 0 Å². The number of ether oxygens (including phenoxy) is 1. The zero-order valence-electron chi connectivity index (χ0n) is 17.5. The van der Waals surface area contributed by atoms with Crippen LogP contribution in [0.5, 0.6) is 5.75 Å². The van der Waals surface area contributed by atoms with E-state index < -0.39 is 0 Å². The number of hydrogen-bond donors (Lipinski definition) is 1. The largest absolute Gasteiger partial charge is 0.494 e. The minimum atomic E-state index is 0.00692. The molecule has 0 bridgehead atoms. The van der Waals surface area contributed by atoms with Crippen molar-refractivity contribution in [3.8, 4) is 5.75 Å². The second-order valence-electron chi connectivity index (χ2n) is 8.53. The predicted molar refractivity (Wildman–Crippen MR) is 110 cm³/mol. The molecule has 2 aliphatic heterocycles. The van der Waals surface area contributed by atoms with Crippen molar-refractivity contribution < 1.29 is 14.1 Å². The van der Waals surface area contributed by atoms with Gasteiger partial charge in [-0.15, -0.1) is 0 Å². The molecule has 0 radical (unpaired) electrons. The maximum absolute atomic E-state index is 11.6. The Bertz CT molecular complexity index is 855. The molecule has 4 rings (SSSR count). The quantitative estimate of drug-likeness (QED) is 0.765. The molecule has 1 unspecified atom stereocenters. The Kier molecular flexibility index (Phi) is 5.74. The number of benzene rings is 1. The van der Waals surface area contributed by atoms with Gasteiger partial charge in [-0.05, 0) is 54.9 Å². The summed E-state index contributed by atoms with van der Waals surface area (Å²) >= 11 is 0. The molecule has 156 valence electrons. The summed E-state index contributed by atoms with van der Waals surface area (Å²) in [5.41, 5.74) is 1.79. The normalized spacial score (nSPS) is 18.1. The summed E-state index contributed by atoms with van der Waals surface area (Å²) in [6, 6.07) is 6.39. The van der Waals surface area contributed by atoms with Crippen LogP contribution in [0.25, 0.3) is 0 Å². The van der Waals surface area contributed by atoms with Crippen LogP contribution in [0.15, 0.2) is 22.7 Å². The van der Waals surface area contributed by atoms with Crippen LogP contribution in [0.1, 0.15) is 67.7 Å². The topological polar surface area (TPSA) is 80.5 Å². The number of amides is 1. The van der Waals surface area contributed by atoms with Crippen molar-refractivity contribution in [3.63, 3.8) is 0 Å². The average Bonchev–Trinajstić information content (AvgIpc) is 3.36. The van der Waals surface area contributed by atoms with Crippen molar-refractivity contribution in [1.29, 1.82) is 0 Å². The molecule has 1 amide bonds. The van der Waals surface area contributed by atoms with E-state index in [1.165, 1.54) is 0 Å². The van der Waals surface area contributed by atoms with Gasteiger partial charge in [0.25, 0.3) is 5.91 Å². The maximum Gasteiger partial charge on any atom is 0.324 e. The molecule has 1 N–H and O–H groups in total. The highest BCUT2D eigenvalue weighted by atomic mass is 16.5. The molecule has 1 atom stereocenters.